The van der Waals surface area contributed by atoms with Gasteiger partial charge in [-0.25, -0.2) is 15.0 Å². The Hall–Kier alpha value is -1.75. The number of rotatable bonds is 6. The van der Waals surface area contributed by atoms with Gasteiger partial charge in [0.05, 0.1) is 5.69 Å². The third-order valence-corrected chi connectivity index (χ3v) is 2.27. The minimum absolute atomic E-state index is 0.792. The van der Waals surface area contributed by atoms with Crippen LogP contribution in [0.4, 0.5) is 0 Å². The first kappa shape index (κ1) is 10.8. The summed E-state index contributed by atoms with van der Waals surface area (Å²) in [4.78, 5) is 15.3. The number of aryl methyl sites for hydroxylation is 1. The van der Waals surface area contributed by atoms with Gasteiger partial charge in [0.2, 0.25) is 0 Å². The third kappa shape index (κ3) is 3.43. The monoisotopic (exact) mass is 217 g/mol. The van der Waals surface area contributed by atoms with Crippen LogP contribution in [0, 0.1) is 0 Å². The normalized spacial score (nSPS) is 10.5. The molecule has 2 rings (SSSR count). The van der Waals surface area contributed by atoms with E-state index in [-0.39, 0.29) is 0 Å². The average Bonchev–Trinajstić information content (AvgIpc) is 2.83. The molecule has 2 aromatic rings. The standard InChI is InChI=1S/C11H15N5/c1(2-11-14-6-7-15-11)4-12-8-10-3-5-13-9-16-10/h3,5-7,9,12H,1-2,4,8H2,(H,14,15). The Morgan fingerprint density at radius 2 is 2.25 bits per heavy atom. The number of H-pyrrole nitrogens is 1. The van der Waals surface area contributed by atoms with Crippen molar-refractivity contribution in [1.82, 2.24) is 25.3 Å². The zero-order valence-electron chi connectivity index (χ0n) is 9.06. The zero-order chi connectivity index (χ0) is 11.1. The lowest BCUT2D eigenvalue weighted by Gasteiger charge is -2.02. The van der Waals surface area contributed by atoms with E-state index >= 15 is 0 Å². The maximum Gasteiger partial charge on any atom is 0.115 e. The molecule has 0 saturated heterocycles. The Kier molecular flexibility index (Phi) is 4.01. The highest BCUT2D eigenvalue weighted by Crippen LogP contribution is 1.94. The van der Waals surface area contributed by atoms with Crippen LogP contribution in [0.5, 0.6) is 0 Å². The van der Waals surface area contributed by atoms with Gasteiger partial charge in [0.15, 0.2) is 0 Å². The van der Waals surface area contributed by atoms with Crippen LogP contribution in [0.15, 0.2) is 31.0 Å². The lowest BCUT2D eigenvalue weighted by molar-refractivity contribution is 0.632. The molecule has 0 amide bonds. The highest BCUT2D eigenvalue weighted by atomic mass is 14.9. The fourth-order valence-corrected chi connectivity index (χ4v) is 1.45. The molecule has 0 aliphatic carbocycles. The summed E-state index contributed by atoms with van der Waals surface area (Å²) in [5.41, 5.74) is 1.02. The molecule has 0 bridgehead atoms. The molecule has 0 aliphatic rings. The summed E-state index contributed by atoms with van der Waals surface area (Å²) >= 11 is 0. The number of imidazole rings is 1. The Morgan fingerprint density at radius 1 is 1.25 bits per heavy atom. The van der Waals surface area contributed by atoms with Crippen molar-refractivity contribution in [2.24, 2.45) is 0 Å². The number of nitrogens with one attached hydrogen (secondary N) is 2. The minimum atomic E-state index is 0.792. The molecule has 2 N–H and O–H groups in total. The lowest BCUT2D eigenvalue weighted by atomic mass is 10.3. The summed E-state index contributed by atoms with van der Waals surface area (Å²) in [7, 11) is 0. The van der Waals surface area contributed by atoms with Crippen molar-refractivity contribution < 1.29 is 0 Å². The van der Waals surface area contributed by atoms with Crippen molar-refractivity contribution in [3.63, 3.8) is 0 Å². The fraction of sp³-hybridized carbons (Fsp3) is 0.364. The second kappa shape index (κ2) is 5.97. The van der Waals surface area contributed by atoms with Gasteiger partial charge in [-0.2, -0.15) is 0 Å². The van der Waals surface area contributed by atoms with Crippen LogP contribution in [0.3, 0.4) is 0 Å². The Balaban J connectivity index is 1.59. The summed E-state index contributed by atoms with van der Waals surface area (Å²) in [5.74, 6) is 1.05. The fourth-order valence-electron chi connectivity index (χ4n) is 1.45. The van der Waals surface area contributed by atoms with Gasteiger partial charge < -0.3 is 10.3 Å². The molecule has 84 valence electrons. The molecule has 5 nitrogen and oxygen atoms in total. The minimum Gasteiger partial charge on any atom is -0.349 e. The van der Waals surface area contributed by atoms with Gasteiger partial charge in [-0.15, -0.1) is 0 Å². The van der Waals surface area contributed by atoms with Crippen molar-refractivity contribution in [2.75, 3.05) is 6.54 Å². The second-order valence-corrected chi connectivity index (χ2v) is 3.52. The summed E-state index contributed by atoms with van der Waals surface area (Å²) < 4.78 is 0. The Morgan fingerprint density at radius 3 is 3.00 bits per heavy atom. The molecule has 0 aliphatic heterocycles. The number of aromatic nitrogens is 4. The van der Waals surface area contributed by atoms with Crippen LogP contribution in [-0.2, 0) is 13.0 Å². The summed E-state index contributed by atoms with van der Waals surface area (Å²) in [6.07, 6.45) is 9.00. The van der Waals surface area contributed by atoms with E-state index in [1.807, 2.05) is 12.3 Å². The molecule has 0 fully saturated rings. The molecule has 5 heteroatoms. The SMILES string of the molecule is c1cc(CNCCCc2ncc[nH]2)ncn1. The zero-order valence-corrected chi connectivity index (χ0v) is 9.06. The maximum absolute atomic E-state index is 4.17. The quantitative estimate of drug-likeness (QED) is 0.706. The highest BCUT2D eigenvalue weighted by molar-refractivity contribution is 4.96. The van der Waals surface area contributed by atoms with Crippen LogP contribution in [-0.4, -0.2) is 26.5 Å². The van der Waals surface area contributed by atoms with E-state index in [2.05, 4.69) is 25.3 Å². The van der Waals surface area contributed by atoms with E-state index in [0.717, 1.165) is 37.4 Å². The van der Waals surface area contributed by atoms with Gasteiger partial charge in [-0.3, -0.25) is 0 Å². The number of hydrogen-bond donors (Lipinski definition) is 2. The van der Waals surface area contributed by atoms with Gasteiger partial charge in [0.25, 0.3) is 0 Å². The first-order valence-electron chi connectivity index (χ1n) is 5.39. The summed E-state index contributed by atoms with van der Waals surface area (Å²) in [6, 6.07) is 1.92. The molecule has 0 spiro atoms. The predicted octanol–water partition coefficient (Wildman–Crippen LogP) is 0.922. The van der Waals surface area contributed by atoms with Crippen molar-refractivity contribution in [3.05, 3.63) is 42.5 Å². The molecular formula is C11H15N5. The first-order chi connectivity index (χ1) is 7.95. The molecule has 0 saturated carbocycles. The average molecular weight is 217 g/mol. The molecule has 0 atom stereocenters. The van der Waals surface area contributed by atoms with Crippen LogP contribution >= 0.6 is 0 Å². The molecule has 0 radical (unpaired) electrons. The van der Waals surface area contributed by atoms with E-state index in [1.165, 1.54) is 0 Å². The van der Waals surface area contributed by atoms with Gasteiger partial charge in [-0.05, 0) is 19.0 Å². The van der Waals surface area contributed by atoms with Crippen molar-refractivity contribution in [2.45, 2.75) is 19.4 Å². The van der Waals surface area contributed by atoms with Crippen LogP contribution in [0.25, 0.3) is 0 Å². The van der Waals surface area contributed by atoms with Crippen molar-refractivity contribution in [1.29, 1.82) is 0 Å². The summed E-state index contributed by atoms with van der Waals surface area (Å²) in [6.45, 7) is 1.76. The molecule has 16 heavy (non-hydrogen) atoms. The van der Waals surface area contributed by atoms with E-state index in [9.17, 15) is 0 Å². The van der Waals surface area contributed by atoms with Gasteiger partial charge in [0.1, 0.15) is 12.2 Å². The highest BCUT2D eigenvalue weighted by Gasteiger charge is 1.95. The van der Waals surface area contributed by atoms with E-state index in [0.29, 0.717) is 0 Å². The van der Waals surface area contributed by atoms with Crippen molar-refractivity contribution in [3.8, 4) is 0 Å². The van der Waals surface area contributed by atoms with Crippen LogP contribution in [0.2, 0.25) is 0 Å². The van der Waals surface area contributed by atoms with E-state index < -0.39 is 0 Å². The van der Waals surface area contributed by atoms with E-state index in [1.54, 1.807) is 18.7 Å². The number of nitrogens with zero attached hydrogens (tertiary/aromatic N) is 3. The summed E-state index contributed by atoms with van der Waals surface area (Å²) in [5, 5.41) is 3.33. The van der Waals surface area contributed by atoms with Gasteiger partial charge in [-0.1, -0.05) is 0 Å². The smallest absolute Gasteiger partial charge is 0.115 e. The second-order valence-electron chi connectivity index (χ2n) is 3.52. The Bertz CT molecular complexity index is 384. The molecular weight excluding hydrogens is 202 g/mol. The maximum atomic E-state index is 4.17. The van der Waals surface area contributed by atoms with Gasteiger partial charge in [0, 0.05) is 31.6 Å². The molecule has 0 unspecified atom stereocenters. The topological polar surface area (TPSA) is 66.5 Å². The number of aromatic amines is 1. The van der Waals surface area contributed by atoms with E-state index in [4.69, 9.17) is 0 Å². The predicted molar refractivity (Wildman–Crippen MR) is 60.6 cm³/mol. The first-order valence-corrected chi connectivity index (χ1v) is 5.39. The Labute approximate surface area is 94.4 Å². The van der Waals surface area contributed by atoms with Crippen molar-refractivity contribution >= 4 is 0 Å². The largest absolute Gasteiger partial charge is 0.349 e. The van der Waals surface area contributed by atoms with Crippen LogP contribution in [0.1, 0.15) is 17.9 Å². The molecule has 0 aromatic carbocycles. The third-order valence-electron chi connectivity index (χ3n) is 2.27. The molecule has 2 heterocycles. The van der Waals surface area contributed by atoms with Gasteiger partial charge >= 0.3 is 0 Å². The number of hydrogen-bond acceptors (Lipinski definition) is 4. The molecule has 2 aromatic heterocycles. The van der Waals surface area contributed by atoms with Crippen LogP contribution < -0.4 is 5.32 Å². The lowest BCUT2D eigenvalue weighted by Crippen LogP contribution is -2.16.